The largest absolute Gasteiger partial charge is 0.362 e. The lowest BCUT2D eigenvalue weighted by atomic mass is 9.97. The standard InChI is InChI=1S/C20H30N2O/c23-20(21-18-12-4-2-1-3-5-13-18)16-22-15-9-8-11-17-10-6-7-14-19(17)22/h6-7,10,14,18H,1-5,8-9,11-13,15-16H2,(H,21,23). The predicted molar refractivity (Wildman–Crippen MR) is 95.8 cm³/mol. The van der Waals surface area contributed by atoms with Crippen molar-refractivity contribution < 1.29 is 4.79 Å². The normalized spacial score (nSPS) is 20.1. The summed E-state index contributed by atoms with van der Waals surface area (Å²) < 4.78 is 0. The molecular weight excluding hydrogens is 284 g/mol. The minimum absolute atomic E-state index is 0.201. The molecule has 1 aliphatic carbocycles. The number of aryl methyl sites for hydroxylation is 1. The van der Waals surface area contributed by atoms with Gasteiger partial charge < -0.3 is 10.2 Å². The van der Waals surface area contributed by atoms with Crippen molar-refractivity contribution in [1.82, 2.24) is 5.32 Å². The number of rotatable bonds is 3. The molecule has 0 aromatic heterocycles. The Morgan fingerprint density at radius 2 is 1.74 bits per heavy atom. The third kappa shape index (κ3) is 4.73. The van der Waals surface area contributed by atoms with Crippen molar-refractivity contribution in [2.45, 2.75) is 70.3 Å². The first-order chi connectivity index (χ1) is 11.3. The van der Waals surface area contributed by atoms with Crippen LogP contribution in [-0.4, -0.2) is 25.0 Å². The molecule has 0 atom stereocenters. The van der Waals surface area contributed by atoms with Crippen molar-refractivity contribution in [2.24, 2.45) is 0 Å². The topological polar surface area (TPSA) is 32.3 Å². The lowest BCUT2D eigenvalue weighted by Crippen LogP contribution is -2.42. The SMILES string of the molecule is O=C(CN1CCCCc2ccccc21)NC1CCCCCCC1. The highest BCUT2D eigenvalue weighted by atomic mass is 16.2. The van der Waals surface area contributed by atoms with Crippen LogP contribution in [0.15, 0.2) is 24.3 Å². The highest BCUT2D eigenvalue weighted by Crippen LogP contribution is 2.25. The van der Waals surface area contributed by atoms with Gasteiger partial charge in [0.1, 0.15) is 0 Å². The molecule has 1 aromatic rings. The molecule has 1 N–H and O–H groups in total. The second-order valence-electron chi connectivity index (χ2n) is 7.12. The van der Waals surface area contributed by atoms with Crippen LogP contribution in [0.4, 0.5) is 5.69 Å². The van der Waals surface area contributed by atoms with Gasteiger partial charge in [0, 0.05) is 18.3 Å². The summed E-state index contributed by atoms with van der Waals surface area (Å²) in [5.41, 5.74) is 2.65. The van der Waals surface area contributed by atoms with Crippen molar-refractivity contribution in [3.8, 4) is 0 Å². The second kappa shape index (κ2) is 8.37. The molecule has 1 amide bonds. The first-order valence-electron chi connectivity index (χ1n) is 9.45. The first-order valence-corrected chi connectivity index (χ1v) is 9.45. The molecule has 1 saturated carbocycles. The number of anilines is 1. The predicted octanol–water partition coefficient (Wildman–Crippen LogP) is 4.06. The van der Waals surface area contributed by atoms with Gasteiger partial charge in [-0.2, -0.15) is 0 Å². The lowest BCUT2D eigenvalue weighted by Gasteiger charge is -2.26. The second-order valence-corrected chi connectivity index (χ2v) is 7.12. The molecular formula is C20H30N2O. The molecule has 126 valence electrons. The van der Waals surface area contributed by atoms with Crippen molar-refractivity contribution in [3.63, 3.8) is 0 Å². The third-order valence-electron chi connectivity index (χ3n) is 5.26. The lowest BCUT2D eigenvalue weighted by molar-refractivity contribution is -0.120. The van der Waals surface area contributed by atoms with E-state index in [1.807, 2.05) is 0 Å². The summed E-state index contributed by atoms with van der Waals surface area (Å²) in [6, 6.07) is 8.97. The van der Waals surface area contributed by atoms with Crippen LogP contribution in [0.2, 0.25) is 0 Å². The maximum absolute atomic E-state index is 12.5. The number of benzene rings is 1. The van der Waals surface area contributed by atoms with Crippen LogP contribution in [0.3, 0.4) is 0 Å². The van der Waals surface area contributed by atoms with Crippen LogP contribution in [-0.2, 0) is 11.2 Å². The molecule has 0 spiro atoms. The molecule has 23 heavy (non-hydrogen) atoms. The van der Waals surface area contributed by atoms with Crippen LogP contribution >= 0.6 is 0 Å². The maximum atomic E-state index is 12.5. The third-order valence-corrected chi connectivity index (χ3v) is 5.26. The molecule has 1 heterocycles. The van der Waals surface area contributed by atoms with E-state index < -0.39 is 0 Å². The Balaban J connectivity index is 1.58. The molecule has 1 aliphatic heterocycles. The van der Waals surface area contributed by atoms with Gasteiger partial charge in [0.2, 0.25) is 5.91 Å². The van der Waals surface area contributed by atoms with E-state index in [-0.39, 0.29) is 5.91 Å². The summed E-state index contributed by atoms with van der Waals surface area (Å²) in [7, 11) is 0. The number of hydrogen-bond acceptors (Lipinski definition) is 2. The Morgan fingerprint density at radius 1 is 1.00 bits per heavy atom. The highest BCUT2D eigenvalue weighted by Gasteiger charge is 2.19. The van der Waals surface area contributed by atoms with E-state index in [1.54, 1.807) is 0 Å². The van der Waals surface area contributed by atoms with Gasteiger partial charge in [-0.1, -0.05) is 50.3 Å². The van der Waals surface area contributed by atoms with Crippen molar-refractivity contribution in [2.75, 3.05) is 18.0 Å². The molecule has 0 unspecified atom stereocenters. The van der Waals surface area contributed by atoms with E-state index in [0.717, 1.165) is 25.8 Å². The van der Waals surface area contributed by atoms with Crippen molar-refractivity contribution in [3.05, 3.63) is 29.8 Å². The molecule has 3 rings (SSSR count). The molecule has 2 aliphatic rings. The fraction of sp³-hybridized carbons (Fsp3) is 0.650. The van der Waals surface area contributed by atoms with E-state index in [4.69, 9.17) is 0 Å². The van der Waals surface area contributed by atoms with Crippen LogP contribution in [0.1, 0.15) is 63.4 Å². The molecule has 0 saturated heterocycles. The number of hydrogen-bond donors (Lipinski definition) is 1. The van der Waals surface area contributed by atoms with Crippen molar-refractivity contribution >= 4 is 11.6 Å². The summed E-state index contributed by atoms with van der Waals surface area (Å²) in [6.45, 7) is 1.50. The molecule has 0 bridgehead atoms. The maximum Gasteiger partial charge on any atom is 0.239 e. The summed E-state index contributed by atoms with van der Waals surface area (Å²) in [5, 5.41) is 3.30. The van der Waals surface area contributed by atoms with Gasteiger partial charge in [-0.15, -0.1) is 0 Å². The van der Waals surface area contributed by atoms with Crippen molar-refractivity contribution in [1.29, 1.82) is 0 Å². The average Bonchev–Trinajstić information content (AvgIpc) is 2.73. The number of nitrogens with zero attached hydrogens (tertiary/aromatic N) is 1. The number of para-hydroxylation sites is 1. The highest BCUT2D eigenvalue weighted by molar-refractivity contribution is 5.82. The summed E-state index contributed by atoms with van der Waals surface area (Å²) in [4.78, 5) is 14.8. The zero-order valence-electron chi connectivity index (χ0n) is 14.2. The Labute approximate surface area is 140 Å². The minimum Gasteiger partial charge on any atom is -0.362 e. The van der Waals surface area contributed by atoms with E-state index in [0.29, 0.717) is 12.6 Å². The van der Waals surface area contributed by atoms with Crippen LogP contribution in [0.25, 0.3) is 0 Å². The molecule has 3 nitrogen and oxygen atoms in total. The molecule has 1 fully saturated rings. The smallest absolute Gasteiger partial charge is 0.239 e. The zero-order chi connectivity index (χ0) is 15.9. The number of carbonyl (C=O) groups excluding carboxylic acids is 1. The van der Waals surface area contributed by atoms with E-state index in [2.05, 4.69) is 34.5 Å². The number of amides is 1. The van der Waals surface area contributed by atoms with Gasteiger partial charge in [-0.05, 0) is 43.7 Å². The van der Waals surface area contributed by atoms with Gasteiger partial charge in [0.15, 0.2) is 0 Å². The monoisotopic (exact) mass is 314 g/mol. The number of fused-ring (bicyclic) bond motifs is 1. The Bertz CT molecular complexity index is 506. The molecule has 3 heteroatoms. The fourth-order valence-electron chi connectivity index (χ4n) is 3.98. The Kier molecular flexibility index (Phi) is 5.95. The first kappa shape index (κ1) is 16.4. The summed E-state index contributed by atoms with van der Waals surface area (Å²) >= 11 is 0. The molecule has 1 aromatic carbocycles. The minimum atomic E-state index is 0.201. The van der Waals surface area contributed by atoms with Gasteiger partial charge in [-0.25, -0.2) is 0 Å². The van der Waals surface area contributed by atoms with Gasteiger partial charge in [0.05, 0.1) is 6.54 Å². The van der Waals surface area contributed by atoms with Crippen LogP contribution < -0.4 is 10.2 Å². The number of carbonyl (C=O) groups is 1. The van der Waals surface area contributed by atoms with E-state index >= 15 is 0 Å². The molecule has 0 radical (unpaired) electrons. The summed E-state index contributed by atoms with van der Waals surface area (Å²) in [5.74, 6) is 0.201. The Hall–Kier alpha value is -1.51. The van der Waals surface area contributed by atoms with E-state index in [9.17, 15) is 4.79 Å². The fourth-order valence-corrected chi connectivity index (χ4v) is 3.98. The van der Waals surface area contributed by atoms with E-state index in [1.165, 1.54) is 56.2 Å². The van der Waals surface area contributed by atoms with Crippen LogP contribution in [0.5, 0.6) is 0 Å². The van der Waals surface area contributed by atoms with Gasteiger partial charge in [0.25, 0.3) is 0 Å². The quantitative estimate of drug-likeness (QED) is 0.912. The number of nitrogens with one attached hydrogen (secondary N) is 1. The average molecular weight is 314 g/mol. The zero-order valence-corrected chi connectivity index (χ0v) is 14.2. The van der Waals surface area contributed by atoms with Gasteiger partial charge in [-0.3, -0.25) is 4.79 Å². The Morgan fingerprint density at radius 3 is 2.57 bits per heavy atom. The van der Waals surface area contributed by atoms with Gasteiger partial charge >= 0.3 is 0 Å². The van der Waals surface area contributed by atoms with Crippen LogP contribution in [0, 0.1) is 0 Å². The summed E-state index contributed by atoms with van der Waals surface area (Å²) in [6.07, 6.45) is 12.4.